The van der Waals surface area contributed by atoms with Crippen LogP contribution in [0.25, 0.3) is 0 Å². The number of rotatable bonds is 5. The Labute approximate surface area is 117 Å². The fourth-order valence-electron chi connectivity index (χ4n) is 1.93. The fourth-order valence-corrected chi connectivity index (χ4v) is 1.93. The Hall–Kier alpha value is -1.98. The summed E-state index contributed by atoms with van der Waals surface area (Å²) in [7, 11) is 0. The lowest BCUT2D eigenvalue weighted by Crippen LogP contribution is -2.39. The van der Waals surface area contributed by atoms with Gasteiger partial charge in [0.2, 0.25) is 0 Å². The monoisotopic (exact) mass is 282 g/mol. The van der Waals surface area contributed by atoms with Crippen molar-refractivity contribution in [2.24, 2.45) is 5.41 Å². The molecule has 0 aromatic carbocycles. The van der Waals surface area contributed by atoms with Crippen LogP contribution in [-0.4, -0.2) is 28.0 Å². The van der Waals surface area contributed by atoms with Crippen LogP contribution in [0, 0.1) is 11.2 Å². The van der Waals surface area contributed by atoms with Crippen molar-refractivity contribution < 1.29 is 19.1 Å². The number of amides is 1. The van der Waals surface area contributed by atoms with E-state index in [1.54, 1.807) is 0 Å². The standard InChI is InChI=1S/C14H19FN2O3/c1-14(2,3)6-11(5-12(18)19)17-13(20)9-4-10(15)8-16-7-9/h4,7-8,11H,5-6H2,1-3H3,(H,17,20)(H,18,19). The molecule has 1 rings (SSSR count). The van der Waals surface area contributed by atoms with E-state index >= 15 is 0 Å². The molecule has 110 valence electrons. The number of hydrogen-bond acceptors (Lipinski definition) is 3. The van der Waals surface area contributed by atoms with E-state index in [2.05, 4.69) is 10.3 Å². The summed E-state index contributed by atoms with van der Waals surface area (Å²) < 4.78 is 13.0. The molecule has 0 aliphatic rings. The van der Waals surface area contributed by atoms with Gasteiger partial charge in [0, 0.05) is 12.2 Å². The van der Waals surface area contributed by atoms with Crippen molar-refractivity contribution in [3.8, 4) is 0 Å². The summed E-state index contributed by atoms with van der Waals surface area (Å²) in [6, 6.07) is 0.556. The van der Waals surface area contributed by atoms with Gasteiger partial charge in [-0.05, 0) is 17.9 Å². The minimum Gasteiger partial charge on any atom is -0.481 e. The van der Waals surface area contributed by atoms with Crippen molar-refractivity contribution in [2.45, 2.75) is 39.7 Å². The summed E-state index contributed by atoms with van der Waals surface area (Å²) >= 11 is 0. The summed E-state index contributed by atoms with van der Waals surface area (Å²) in [5.41, 5.74) is -0.0533. The van der Waals surface area contributed by atoms with Crippen LogP contribution in [0.3, 0.4) is 0 Å². The normalized spacial score (nSPS) is 12.8. The number of aliphatic carboxylic acids is 1. The lowest BCUT2D eigenvalue weighted by Gasteiger charge is -2.25. The van der Waals surface area contributed by atoms with E-state index in [-0.39, 0.29) is 17.4 Å². The first-order chi connectivity index (χ1) is 9.17. The van der Waals surface area contributed by atoms with Crippen molar-refractivity contribution in [1.29, 1.82) is 0 Å². The summed E-state index contributed by atoms with van der Waals surface area (Å²) in [4.78, 5) is 26.4. The van der Waals surface area contributed by atoms with Crippen molar-refractivity contribution >= 4 is 11.9 Å². The average Bonchev–Trinajstić information content (AvgIpc) is 2.25. The zero-order chi connectivity index (χ0) is 15.3. The van der Waals surface area contributed by atoms with Gasteiger partial charge in [-0.2, -0.15) is 0 Å². The molecule has 2 N–H and O–H groups in total. The Balaban J connectivity index is 2.78. The van der Waals surface area contributed by atoms with E-state index in [0.29, 0.717) is 6.42 Å². The lowest BCUT2D eigenvalue weighted by molar-refractivity contribution is -0.137. The van der Waals surface area contributed by atoms with Crippen LogP contribution in [0.5, 0.6) is 0 Å². The molecular formula is C14H19FN2O3. The molecule has 0 saturated heterocycles. The number of hydrogen-bond donors (Lipinski definition) is 2. The molecule has 0 spiro atoms. The first-order valence-corrected chi connectivity index (χ1v) is 6.30. The Morgan fingerprint density at radius 3 is 2.55 bits per heavy atom. The summed E-state index contributed by atoms with van der Waals surface area (Å²) in [5.74, 6) is -2.12. The highest BCUT2D eigenvalue weighted by Gasteiger charge is 2.23. The molecule has 0 aliphatic carbocycles. The summed E-state index contributed by atoms with van der Waals surface area (Å²) in [6.07, 6.45) is 2.58. The van der Waals surface area contributed by atoms with Gasteiger partial charge in [-0.1, -0.05) is 20.8 Å². The van der Waals surface area contributed by atoms with E-state index < -0.39 is 23.7 Å². The number of carboxylic acid groups (broad SMARTS) is 1. The molecule has 0 radical (unpaired) electrons. The van der Waals surface area contributed by atoms with Gasteiger partial charge in [0.25, 0.3) is 5.91 Å². The Kier molecular flexibility index (Phi) is 5.19. The fraction of sp³-hybridized carbons (Fsp3) is 0.500. The number of halogens is 1. The maximum atomic E-state index is 13.0. The van der Waals surface area contributed by atoms with E-state index in [1.165, 1.54) is 6.20 Å². The van der Waals surface area contributed by atoms with Gasteiger partial charge in [-0.25, -0.2) is 4.39 Å². The van der Waals surface area contributed by atoms with Crippen LogP contribution in [-0.2, 0) is 4.79 Å². The largest absolute Gasteiger partial charge is 0.481 e. The molecule has 1 unspecified atom stereocenters. The van der Waals surface area contributed by atoms with E-state index in [1.807, 2.05) is 20.8 Å². The van der Waals surface area contributed by atoms with Crippen LogP contribution in [0.1, 0.15) is 44.0 Å². The maximum absolute atomic E-state index is 13.0. The molecule has 20 heavy (non-hydrogen) atoms. The molecule has 0 aliphatic heterocycles. The second kappa shape index (κ2) is 6.45. The number of nitrogens with one attached hydrogen (secondary N) is 1. The second-order valence-corrected chi connectivity index (χ2v) is 5.92. The van der Waals surface area contributed by atoms with Crippen molar-refractivity contribution in [2.75, 3.05) is 0 Å². The number of carbonyl (C=O) groups excluding carboxylic acids is 1. The SMILES string of the molecule is CC(C)(C)CC(CC(=O)O)NC(=O)c1cncc(F)c1. The molecule has 6 heteroatoms. The number of carbonyl (C=O) groups is 2. The summed E-state index contributed by atoms with van der Waals surface area (Å²) in [6.45, 7) is 5.87. The van der Waals surface area contributed by atoms with Crippen LogP contribution in [0.2, 0.25) is 0 Å². The molecule has 5 nitrogen and oxygen atoms in total. The van der Waals surface area contributed by atoms with E-state index in [4.69, 9.17) is 5.11 Å². The van der Waals surface area contributed by atoms with Gasteiger partial charge in [-0.15, -0.1) is 0 Å². The van der Waals surface area contributed by atoms with Crippen LogP contribution >= 0.6 is 0 Å². The first-order valence-electron chi connectivity index (χ1n) is 6.30. The Morgan fingerprint density at radius 1 is 1.40 bits per heavy atom. The van der Waals surface area contributed by atoms with Crippen LogP contribution in [0.4, 0.5) is 4.39 Å². The van der Waals surface area contributed by atoms with Crippen molar-refractivity contribution in [1.82, 2.24) is 10.3 Å². The van der Waals surface area contributed by atoms with E-state index in [0.717, 1.165) is 12.3 Å². The molecule has 1 aromatic rings. The maximum Gasteiger partial charge on any atom is 0.305 e. The topological polar surface area (TPSA) is 79.3 Å². The number of nitrogens with zero attached hydrogens (tertiary/aromatic N) is 1. The highest BCUT2D eigenvalue weighted by molar-refractivity contribution is 5.94. The lowest BCUT2D eigenvalue weighted by atomic mass is 9.87. The van der Waals surface area contributed by atoms with Gasteiger partial charge < -0.3 is 10.4 Å². The minimum absolute atomic E-state index is 0.0781. The third kappa shape index (κ3) is 5.77. The number of aromatic nitrogens is 1. The Morgan fingerprint density at radius 2 is 2.05 bits per heavy atom. The second-order valence-electron chi connectivity index (χ2n) is 5.92. The zero-order valence-electron chi connectivity index (χ0n) is 11.8. The smallest absolute Gasteiger partial charge is 0.305 e. The number of carboxylic acids is 1. The molecule has 1 aromatic heterocycles. The quantitative estimate of drug-likeness (QED) is 0.868. The molecule has 1 amide bonds. The predicted molar refractivity (Wildman–Crippen MR) is 71.8 cm³/mol. The molecule has 1 atom stereocenters. The average molecular weight is 282 g/mol. The minimum atomic E-state index is -0.989. The third-order valence-corrected chi connectivity index (χ3v) is 2.58. The van der Waals surface area contributed by atoms with Gasteiger partial charge in [0.1, 0.15) is 5.82 Å². The third-order valence-electron chi connectivity index (χ3n) is 2.58. The summed E-state index contributed by atoms with van der Waals surface area (Å²) in [5, 5.41) is 11.5. The molecule has 1 heterocycles. The van der Waals surface area contributed by atoms with Gasteiger partial charge in [-0.3, -0.25) is 14.6 Å². The highest BCUT2D eigenvalue weighted by atomic mass is 19.1. The van der Waals surface area contributed by atoms with Crippen molar-refractivity contribution in [3.05, 3.63) is 29.8 Å². The molecule has 0 bridgehead atoms. The van der Waals surface area contributed by atoms with E-state index in [9.17, 15) is 14.0 Å². The van der Waals surface area contributed by atoms with Gasteiger partial charge in [0.15, 0.2) is 0 Å². The Bertz CT molecular complexity index is 497. The zero-order valence-corrected chi connectivity index (χ0v) is 11.8. The van der Waals surface area contributed by atoms with Crippen molar-refractivity contribution in [3.63, 3.8) is 0 Å². The number of pyridine rings is 1. The van der Waals surface area contributed by atoms with Gasteiger partial charge >= 0.3 is 5.97 Å². The highest BCUT2D eigenvalue weighted by Crippen LogP contribution is 2.22. The molecular weight excluding hydrogens is 263 g/mol. The van der Waals surface area contributed by atoms with Crippen LogP contribution < -0.4 is 5.32 Å². The van der Waals surface area contributed by atoms with Gasteiger partial charge in [0.05, 0.1) is 18.2 Å². The molecule has 0 saturated carbocycles. The predicted octanol–water partition coefficient (Wildman–Crippen LogP) is 2.23. The molecule has 0 fully saturated rings. The first kappa shape index (κ1) is 16.1. The van der Waals surface area contributed by atoms with Crippen LogP contribution in [0.15, 0.2) is 18.5 Å².